The van der Waals surface area contributed by atoms with E-state index in [4.69, 9.17) is 10.2 Å². The quantitative estimate of drug-likeness (QED) is 0.554. The number of hydrogen-bond acceptors (Lipinski definition) is 3. The Balaban J connectivity index is 2.04. The van der Waals surface area contributed by atoms with Gasteiger partial charge in [0.1, 0.15) is 11.3 Å². The molecule has 0 atom stereocenters. The number of aryl methyl sites for hydroxylation is 1. The van der Waals surface area contributed by atoms with Crippen molar-refractivity contribution in [2.75, 3.05) is 5.73 Å². The molecule has 0 aliphatic heterocycles. The molecule has 3 heteroatoms. The predicted molar refractivity (Wildman–Crippen MR) is 86.1 cm³/mol. The second-order valence-corrected chi connectivity index (χ2v) is 5.30. The zero-order valence-electron chi connectivity index (χ0n) is 11.6. The summed E-state index contributed by atoms with van der Waals surface area (Å²) in [6.07, 6.45) is 1.68. The van der Waals surface area contributed by atoms with Crippen molar-refractivity contribution < 1.29 is 4.42 Å². The van der Waals surface area contributed by atoms with E-state index in [1.807, 2.05) is 30.3 Å². The van der Waals surface area contributed by atoms with E-state index in [9.17, 15) is 0 Å². The average Bonchev–Trinajstić information content (AvgIpc) is 2.89. The Labute approximate surface area is 122 Å². The number of nitrogens with zero attached hydrogens (tertiary/aromatic N) is 1. The van der Waals surface area contributed by atoms with Crippen molar-refractivity contribution in [2.24, 2.45) is 0 Å². The zero-order chi connectivity index (χ0) is 14.4. The summed E-state index contributed by atoms with van der Waals surface area (Å²) < 4.78 is 5.98. The number of anilines is 1. The van der Waals surface area contributed by atoms with Gasteiger partial charge in [0.2, 0.25) is 0 Å². The Bertz CT molecular complexity index is 931. The van der Waals surface area contributed by atoms with Crippen LogP contribution in [0.3, 0.4) is 0 Å². The molecule has 0 amide bonds. The molecule has 3 nitrogen and oxygen atoms in total. The van der Waals surface area contributed by atoms with Crippen LogP contribution in [-0.4, -0.2) is 4.98 Å². The van der Waals surface area contributed by atoms with Crippen LogP contribution in [0.1, 0.15) is 5.56 Å². The zero-order valence-corrected chi connectivity index (χ0v) is 11.6. The molecule has 0 saturated carbocycles. The van der Waals surface area contributed by atoms with Crippen molar-refractivity contribution in [3.8, 4) is 11.3 Å². The smallest absolute Gasteiger partial charge is 0.137 e. The Morgan fingerprint density at radius 1 is 1.00 bits per heavy atom. The summed E-state index contributed by atoms with van der Waals surface area (Å²) in [5.74, 6) is 0.835. The number of rotatable bonds is 1. The van der Waals surface area contributed by atoms with Crippen LogP contribution in [0.15, 0.2) is 59.1 Å². The summed E-state index contributed by atoms with van der Waals surface area (Å²) in [6, 6.07) is 16.2. The number of nitrogens with two attached hydrogens (primary N) is 1. The third kappa shape index (κ3) is 1.94. The summed E-state index contributed by atoms with van der Waals surface area (Å²) in [5, 5.41) is 2.13. The fourth-order valence-electron chi connectivity index (χ4n) is 2.72. The molecule has 4 aromatic rings. The molecule has 0 unspecified atom stereocenters. The summed E-state index contributed by atoms with van der Waals surface area (Å²) >= 11 is 0. The number of nitrogen functional groups attached to an aromatic ring is 1. The monoisotopic (exact) mass is 274 g/mol. The number of hydrogen-bond donors (Lipinski definition) is 1. The number of pyridine rings is 1. The van der Waals surface area contributed by atoms with Gasteiger partial charge in [0, 0.05) is 16.3 Å². The molecular formula is C18H14N2O. The SMILES string of the molecule is Cc1cc(-c2cc3ccccc3o2)c2ncc(N)cc2c1. The highest BCUT2D eigenvalue weighted by molar-refractivity contribution is 5.96. The van der Waals surface area contributed by atoms with Gasteiger partial charge in [-0.15, -0.1) is 0 Å². The first-order valence-electron chi connectivity index (χ1n) is 6.85. The molecule has 0 spiro atoms. The first kappa shape index (κ1) is 12.0. The van der Waals surface area contributed by atoms with Crippen LogP contribution >= 0.6 is 0 Å². The maximum atomic E-state index is 5.98. The molecule has 0 bridgehead atoms. The van der Waals surface area contributed by atoms with Gasteiger partial charge < -0.3 is 10.2 Å². The second-order valence-electron chi connectivity index (χ2n) is 5.30. The van der Waals surface area contributed by atoms with Crippen LogP contribution in [0.5, 0.6) is 0 Å². The fourth-order valence-corrected chi connectivity index (χ4v) is 2.72. The van der Waals surface area contributed by atoms with Gasteiger partial charge in [0.15, 0.2) is 0 Å². The Morgan fingerprint density at radius 3 is 2.71 bits per heavy atom. The summed E-state index contributed by atoms with van der Waals surface area (Å²) in [6.45, 7) is 2.06. The lowest BCUT2D eigenvalue weighted by Gasteiger charge is -2.06. The molecule has 2 aromatic carbocycles. The maximum absolute atomic E-state index is 5.98. The molecule has 102 valence electrons. The van der Waals surface area contributed by atoms with Gasteiger partial charge in [0.05, 0.1) is 17.4 Å². The van der Waals surface area contributed by atoms with E-state index in [0.717, 1.165) is 38.8 Å². The van der Waals surface area contributed by atoms with E-state index in [0.29, 0.717) is 5.69 Å². The highest BCUT2D eigenvalue weighted by atomic mass is 16.3. The normalized spacial score (nSPS) is 11.3. The Hall–Kier alpha value is -2.81. The van der Waals surface area contributed by atoms with Gasteiger partial charge >= 0.3 is 0 Å². The van der Waals surface area contributed by atoms with E-state index in [-0.39, 0.29) is 0 Å². The largest absolute Gasteiger partial charge is 0.456 e. The minimum absolute atomic E-state index is 0.670. The number of fused-ring (bicyclic) bond motifs is 2. The van der Waals surface area contributed by atoms with Crippen LogP contribution in [0, 0.1) is 6.92 Å². The lowest BCUT2D eigenvalue weighted by atomic mass is 10.0. The standard InChI is InChI=1S/C18H14N2O/c1-11-6-13-8-14(19)10-20-18(13)15(7-11)17-9-12-4-2-3-5-16(12)21-17/h2-10H,19H2,1H3. The van der Waals surface area contributed by atoms with Crippen LogP contribution in [0.4, 0.5) is 5.69 Å². The van der Waals surface area contributed by atoms with Gasteiger partial charge in [-0.3, -0.25) is 4.98 Å². The van der Waals surface area contributed by atoms with Crippen molar-refractivity contribution in [1.29, 1.82) is 0 Å². The highest BCUT2D eigenvalue weighted by Gasteiger charge is 2.11. The van der Waals surface area contributed by atoms with Crippen LogP contribution in [-0.2, 0) is 0 Å². The van der Waals surface area contributed by atoms with E-state index in [2.05, 4.69) is 30.1 Å². The van der Waals surface area contributed by atoms with Gasteiger partial charge in [-0.1, -0.05) is 18.2 Å². The van der Waals surface area contributed by atoms with Gasteiger partial charge in [0.25, 0.3) is 0 Å². The highest BCUT2D eigenvalue weighted by Crippen LogP contribution is 2.33. The van der Waals surface area contributed by atoms with Crippen molar-refractivity contribution in [2.45, 2.75) is 6.92 Å². The third-order valence-electron chi connectivity index (χ3n) is 3.64. The first-order valence-corrected chi connectivity index (χ1v) is 6.85. The maximum Gasteiger partial charge on any atom is 0.137 e. The number of furan rings is 1. The Morgan fingerprint density at radius 2 is 1.86 bits per heavy atom. The molecular weight excluding hydrogens is 260 g/mol. The van der Waals surface area contributed by atoms with Gasteiger partial charge in [-0.2, -0.15) is 0 Å². The minimum Gasteiger partial charge on any atom is -0.456 e. The van der Waals surface area contributed by atoms with Gasteiger partial charge in [-0.05, 0) is 42.8 Å². The van der Waals surface area contributed by atoms with Gasteiger partial charge in [-0.25, -0.2) is 0 Å². The Kier molecular flexibility index (Phi) is 2.48. The van der Waals surface area contributed by atoms with E-state index < -0.39 is 0 Å². The predicted octanol–water partition coefficient (Wildman–Crippen LogP) is 4.54. The first-order chi connectivity index (χ1) is 10.2. The molecule has 0 aliphatic carbocycles. The molecule has 0 aliphatic rings. The molecule has 2 N–H and O–H groups in total. The summed E-state index contributed by atoms with van der Waals surface area (Å²) in [5.41, 5.74) is 10.5. The number of benzene rings is 2. The summed E-state index contributed by atoms with van der Waals surface area (Å²) in [4.78, 5) is 4.48. The van der Waals surface area contributed by atoms with Crippen LogP contribution < -0.4 is 5.73 Å². The number of aromatic nitrogens is 1. The van der Waals surface area contributed by atoms with E-state index in [1.54, 1.807) is 6.20 Å². The van der Waals surface area contributed by atoms with Crippen molar-refractivity contribution in [1.82, 2.24) is 4.98 Å². The van der Waals surface area contributed by atoms with Crippen LogP contribution in [0.2, 0.25) is 0 Å². The summed E-state index contributed by atoms with van der Waals surface area (Å²) in [7, 11) is 0. The molecule has 0 saturated heterocycles. The van der Waals surface area contributed by atoms with E-state index in [1.165, 1.54) is 0 Å². The second kappa shape index (κ2) is 4.35. The lowest BCUT2D eigenvalue weighted by Crippen LogP contribution is -1.90. The van der Waals surface area contributed by atoms with Crippen molar-refractivity contribution >= 4 is 27.6 Å². The average molecular weight is 274 g/mol. The van der Waals surface area contributed by atoms with Crippen molar-refractivity contribution in [3.63, 3.8) is 0 Å². The van der Waals surface area contributed by atoms with E-state index >= 15 is 0 Å². The van der Waals surface area contributed by atoms with Crippen molar-refractivity contribution in [3.05, 3.63) is 60.3 Å². The molecule has 0 fully saturated rings. The molecule has 0 radical (unpaired) electrons. The molecule has 21 heavy (non-hydrogen) atoms. The number of para-hydroxylation sites is 1. The molecule has 2 heterocycles. The topological polar surface area (TPSA) is 52.0 Å². The molecule has 2 aromatic heterocycles. The fraction of sp³-hybridized carbons (Fsp3) is 0.0556. The third-order valence-corrected chi connectivity index (χ3v) is 3.64. The lowest BCUT2D eigenvalue weighted by molar-refractivity contribution is 0.632. The minimum atomic E-state index is 0.670. The van der Waals surface area contributed by atoms with Crippen LogP contribution in [0.25, 0.3) is 33.2 Å². The molecule has 4 rings (SSSR count).